The first-order chi connectivity index (χ1) is 17.5. The van der Waals surface area contributed by atoms with Crippen LogP contribution in [0.1, 0.15) is 30.5 Å². The maximum absolute atomic E-state index is 11.6. The summed E-state index contributed by atoms with van der Waals surface area (Å²) >= 11 is 12.2. The number of fused-ring (bicyclic) bond motifs is 1. The van der Waals surface area contributed by atoms with E-state index in [0.717, 1.165) is 33.9 Å². The summed E-state index contributed by atoms with van der Waals surface area (Å²) in [4.78, 5) is 8.57. The summed E-state index contributed by atoms with van der Waals surface area (Å²) in [5.41, 5.74) is 4.12. The molecule has 2 aromatic heterocycles. The summed E-state index contributed by atoms with van der Waals surface area (Å²) in [5.74, 6) is 0.829. The number of rotatable bonds is 8. The van der Waals surface area contributed by atoms with Gasteiger partial charge in [0.1, 0.15) is 18.2 Å². The molecule has 2 aromatic carbocycles. The van der Waals surface area contributed by atoms with Crippen LogP contribution in [0, 0.1) is 11.3 Å². The molecule has 0 atom stereocenters. The third-order valence-corrected chi connectivity index (χ3v) is 7.03. The van der Waals surface area contributed by atoms with E-state index in [1.165, 1.54) is 0 Å². The van der Waals surface area contributed by atoms with Crippen LogP contribution in [0.2, 0.25) is 5.02 Å². The lowest BCUT2D eigenvalue weighted by Gasteiger charge is -2.27. The Morgan fingerprint density at radius 1 is 1.05 bits per heavy atom. The highest BCUT2D eigenvalue weighted by molar-refractivity contribution is 7.92. The van der Waals surface area contributed by atoms with Crippen LogP contribution in [0.15, 0.2) is 60.9 Å². The number of aromatic nitrogens is 2. The fourth-order valence-electron chi connectivity index (χ4n) is 4.04. The number of alkyl halides is 1. The SMILES string of the molecule is CC(C)(c1ccc(-c2cnc3c(NS(C)(=O)=O)nccc3c2)cc1)c1cc(Cl)c(OCCCl)c(C#N)c1. The Bertz CT molecular complexity index is 1620. The predicted octanol–water partition coefficient (Wildman–Crippen LogP) is 6.14. The molecule has 0 radical (unpaired) electrons. The number of nitrogens with zero attached hydrogens (tertiary/aromatic N) is 3. The predicted molar refractivity (Wildman–Crippen MR) is 148 cm³/mol. The molecular formula is C27H24Cl2N4O3S. The van der Waals surface area contributed by atoms with Crippen LogP contribution in [-0.4, -0.2) is 37.1 Å². The molecule has 190 valence electrons. The lowest BCUT2D eigenvalue weighted by Crippen LogP contribution is -2.19. The van der Waals surface area contributed by atoms with Gasteiger partial charge in [-0.15, -0.1) is 11.6 Å². The van der Waals surface area contributed by atoms with Crippen molar-refractivity contribution in [1.29, 1.82) is 5.26 Å². The van der Waals surface area contributed by atoms with Gasteiger partial charge in [0, 0.05) is 28.8 Å². The highest BCUT2D eigenvalue weighted by Gasteiger charge is 2.26. The van der Waals surface area contributed by atoms with E-state index in [4.69, 9.17) is 27.9 Å². The quantitative estimate of drug-likeness (QED) is 0.262. The van der Waals surface area contributed by atoms with Crippen LogP contribution >= 0.6 is 23.2 Å². The van der Waals surface area contributed by atoms with E-state index < -0.39 is 15.4 Å². The van der Waals surface area contributed by atoms with E-state index in [0.29, 0.717) is 27.7 Å². The molecule has 4 aromatic rings. The Kier molecular flexibility index (Phi) is 7.60. The smallest absolute Gasteiger partial charge is 0.231 e. The minimum absolute atomic E-state index is 0.193. The number of pyridine rings is 2. The average Bonchev–Trinajstić information content (AvgIpc) is 2.86. The van der Waals surface area contributed by atoms with Crippen molar-refractivity contribution in [3.8, 4) is 22.9 Å². The van der Waals surface area contributed by atoms with Crippen molar-refractivity contribution in [1.82, 2.24) is 9.97 Å². The summed E-state index contributed by atoms with van der Waals surface area (Å²) < 4.78 is 31.3. The molecular weight excluding hydrogens is 531 g/mol. The molecule has 0 fully saturated rings. The number of nitrogens with one attached hydrogen (secondary N) is 1. The highest BCUT2D eigenvalue weighted by atomic mass is 35.5. The molecule has 0 amide bonds. The van der Waals surface area contributed by atoms with Gasteiger partial charge >= 0.3 is 0 Å². The minimum atomic E-state index is -3.48. The fraction of sp³-hybridized carbons (Fsp3) is 0.222. The zero-order valence-electron chi connectivity index (χ0n) is 20.4. The fourth-order valence-corrected chi connectivity index (χ4v) is 4.89. The topological polar surface area (TPSA) is 105 Å². The number of nitriles is 1. The molecule has 0 unspecified atom stereocenters. The number of anilines is 1. The first-order valence-corrected chi connectivity index (χ1v) is 14.1. The van der Waals surface area contributed by atoms with Gasteiger partial charge in [-0.05, 0) is 41.0 Å². The van der Waals surface area contributed by atoms with Crippen molar-refractivity contribution < 1.29 is 13.2 Å². The van der Waals surface area contributed by atoms with Crippen molar-refractivity contribution >= 4 is 49.9 Å². The third kappa shape index (κ3) is 5.80. The van der Waals surface area contributed by atoms with Gasteiger partial charge < -0.3 is 4.74 Å². The Hall–Kier alpha value is -3.38. The first kappa shape index (κ1) is 26.7. The number of ether oxygens (including phenoxy) is 1. The van der Waals surface area contributed by atoms with Crippen molar-refractivity contribution in [3.63, 3.8) is 0 Å². The Morgan fingerprint density at radius 2 is 1.78 bits per heavy atom. The second-order valence-electron chi connectivity index (χ2n) is 9.02. The molecule has 2 heterocycles. The Balaban J connectivity index is 1.66. The number of hydrogen-bond acceptors (Lipinski definition) is 6. The number of benzene rings is 2. The summed E-state index contributed by atoms with van der Waals surface area (Å²) in [6.45, 7) is 4.39. The van der Waals surface area contributed by atoms with Gasteiger partial charge in [-0.1, -0.05) is 49.7 Å². The Labute approximate surface area is 226 Å². The summed E-state index contributed by atoms with van der Waals surface area (Å²) in [6.07, 6.45) is 4.31. The molecule has 1 N–H and O–H groups in total. The monoisotopic (exact) mass is 554 g/mol. The minimum Gasteiger partial charge on any atom is -0.489 e. The van der Waals surface area contributed by atoms with Gasteiger partial charge in [-0.2, -0.15) is 5.26 Å². The molecule has 0 spiro atoms. The van der Waals surface area contributed by atoms with E-state index in [-0.39, 0.29) is 12.4 Å². The second-order valence-corrected chi connectivity index (χ2v) is 11.5. The normalized spacial score (nSPS) is 11.8. The van der Waals surface area contributed by atoms with Crippen molar-refractivity contribution in [3.05, 3.63) is 82.6 Å². The first-order valence-electron chi connectivity index (χ1n) is 11.3. The number of hydrogen-bond donors (Lipinski definition) is 1. The molecule has 7 nitrogen and oxygen atoms in total. The second kappa shape index (κ2) is 10.5. The van der Waals surface area contributed by atoms with Crippen molar-refractivity contribution in [2.24, 2.45) is 0 Å². The molecule has 0 aliphatic carbocycles. The molecule has 37 heavy (non-hydrogen) atoms. The lowest BCUT2D eigenvalue weighted by molar-refractivity contribution is 0.341. The number of sulfonamides is 1. The van der Waals surface area contributed by atoms with Gasteiger partial charge in [0.15, 0.2) is 11.6 Å². The van der Waals surface area contributed by atoms with Gasteiger partial charge in [0.25, 0.3) is 0 Å². The molecule has 0 aliphatic rings. The molecule has 0 saturated carbocycles. The highest BCUT2D eigenvalue weighted by Crippen LogP contribution is 2.39. The summed E-state index contributed by atoms with van der Waals surface area (Å²) in [5, 5.41) is 10.8. The van der Waals surface area contributed by atoms with E-state index >= 15 is 0 Å². The van der Waals surface area contributed by atoms with E-state index in [9.17, 15) is 13.7 Å². The van der Waals surface area contributed by atoms with Crippen LogP contribution in [0.25, 0.3) is 22.0 Å². The summed E-state index contributed by atoms with van der Waals surface area (Å²) in [7, 11) is -3.48. The van der Waals surface area contributed by atoms with Gasteiger partial charge in [-0.25, -0.2) is 13.4 Å². The van der Waals surface area contributed by atoms with Crippen molar-refractivity contribution in [2.45, 2.75) is 19.3 Å². The maximum atomic E-state index is 11.6. The van der Waals surface area contributed by atoms with Crippen LogP contribution in [0.3, 0.4) is 0 Å². The number of halogens is 2. The zero-order valence-corrected chi connectivity index (χ0v) is 22.7. The van der Waals surface area contributed by atoms with Crippen LogP contribution in [0.5, 0.6) is 5.75 Å². The van der Waals surface area contributed by atoms with Gasteiger partial charge in [0.05, 0.1) is 22.7 Å². The largest absolute Gasteiger partial charge is 0.489 e. The Morgan fingerprint density at radius 3 is 2.43 bits per heavy atom. The zero-order chi connectivity index (χ0) is 26.8. The maximum Gasteiger partial charge on any atom is 0.231 e. The van der Waals surface area contributed by atoms with E-state index in [1.807, 2.05) is 36.4 Å². The van der Waals surface area contributed by atoms with E-state index in [1.54, 1.807) is 24.5 Å². The lowest BCUT2D eigenvalue weighted by atomic mass is 9.77. The van der Waals surface area contributed by atoms with Crippen LogP contribution < -0.4 is 9.46 Å². The van der Waals surface area contributed by atoms with Crippen LogP contribution in [0.4, 0.5) is 5.82 Å². The van der Waals surface area contributed by atoms with Gasteiger partial charge in [-0.3, -0.25) is 9.71 Å². The molecule has 4 rings (SSSR count). The van der Waals surface area contributed by atoms with Crippen LogP contribution in [-0.2, 0) is 15.4 Å². The van der Waals surface area contributed by atoms with Crippen molar-refractivity contribution in [2.75, 3.05) is 23.5 Å². The third-order valence-electron chi connectivity index (χ3n) is 6.03. The molecule has 0 aliphatic heterocycles. The molecule has 10 heteroatoms. The van der Waals surface area contributed by atoms with E-state index in [2.05, 4.69) is 34.6 Å². The summed E-state index contributed by atoms with van der Waals surface area (Å²) in [6, 6.07) is 17.6. The average molecular weight is 555 g/mol. The van der Waals surface area contributed by atoms with Gasteiger partial charge in [0.2, 0.25) is 10.0 Å². The standard InChI is InChI=1S/C27H24Cl2N4O3S/c1-27(2,22-13-19(15-30)25(23(29)14-22)36-11-9-28)21-6-4-17(5-7-21)20-12-18-8-10-31-26(24(18)32-16-20)33-37(3,34)35/h4-8,10,12-14,16H,9,11H2,1-3H3,(H,31,33). The molecule has 0 bridgehead atoms. The molecule has 0 saturated heterocycles.